The molecule has 6 heteroatoms. The fourth-order valence-electron chi connectivity index (χ4n) is 1.95. The number of halogens is 1. The second-order valence-corrected chi connectivity index (χ2v) is 6.82. The summed E-state index contributed by atoms with van der Waals surface area (Å²) in [5.41, 5.74) is 0. The van der Waals surface area contributed by atoms with Gasteiger partial charge in [-0.15, -0.1) is 11.3 Å². The molecule has 0 spiro atoms. The number of piperazine rings is 1. The van der Waals surface area contributed by atoms with Gasteiger partial charge >= 0.3 is 0 Å². The molecule has 1 saturated heterocycles. The summed E-state index contributed by atoms with van der Waals surface area (Å²) in [6.45, 7) is 3.63. The molecule has 1 aliphatic heterocycles. The second kappa shape index (κ2) is 5.84. The number of rotatable bonds is 4. The molecule has 0 aromatic carbocycles. The van der Waals surface area contributed by atoms with Crippen molar-refractivity contribution in [2.75, 3.05) is 19.6 Å². The van der Waals surface area contributed by atoms with Crippen LogP contribution in [-0.2, 0) is 16.1 Å². The Morgan fingerprint density at radius 2 is 1.89 bits per heavy atom. The largest absolute Gasteiger partial charge is 0.332 e. The molecule has 18 heavy (non-hydrogen) atoms. The van der Waals surface area contributed by atoms with Gasteiger partial charge in [-0.2, -0.15) is 0 Å². The van der Waals surface area contributed by atoms with E-state index in [1.54, 1.807) is 21.1 Å². The van der Waals surface area contributed by atoms with Crippen LogP contribution in [0, 0.1) is 0 Å². The molecule has 0 radical (unpaired) electrons. The highest BCUT2D eigenvalue weighted by Gasteiger charge is 2.29. The van der Waals surface area contributed by atoms with Crippen LogP contribution in [-0.4, -0.2) is 41.2 Å². The molecule has 0 unspecified atom stereocenters. The van der Waals surface area contributed by atoms with E-state index in [-0.39, 0.29) is 24.9 Å². The van der Waals surface area contributed by atoms with Crippen molar-refractivity contribution in [1.82, 2.24) is 9.80 Å². The molecule has 1 aromatic heterocycles. The van der Waals surface area contributed by atoms with Crippen molar-refractivity contribution in [2.45, 2.75) is 19.9 Å². The average molecular weight is 331 g/mol. The number of nitrogens with zero attached hydrogens (tertiary/aromatic N) is 2. The Kier molecular flexibility index (Phi) is 4.40. The standard InChI is InChI=1S/C12H15BrN2O2S/c1-2-5-14-7-12(17)15(8-11(14)16)6-9-3-4-10(13)18-9/h3-4H,2,5-8H2,1H3. The predicted octanol–water partition coefficient (Wildman–Crippen LogP) is 2.09. The van der Waals surface area contributed by atoms with E-state index < -0.39 is 0 Å². The van der Waals surface area contributed by atoms with E-state index in [0.717, 1.165) is 15.1 Å². The SMILES string of the molecule is CCCN1CC(=O)N(Cc2ccc(Br)s2)CC1=O. The molecule has 1 fully saturated rings. The van der Waals surface area contributed by atoms with Crippen molar-refractivity contribution in [3.05, 3.63) is 20.8 Å². The topological polar surface area (TPSA) is 40.6 Å². The molecule has 0 atom stereocenters. The summed E-state index contributed by atoms with van der Waals surface area (Å²) in [5, 5.41) is 0. The number of hydrogen-bond acceptors (Lipinski definition) is 3. The van der Waals surface area contributed by atoms with Gasteiger partial charge in [0.1, 0.15) is 6.54 Å². The third-order valence-corrected chi connectivity index (χ3v) is 4.44. The highest BCUT2D eigenvalue weighted by atomic mass is 79.9. The van der Waals surface area contributed by atoms with Crippen molar-refractivity contribution in [3.63, 3.8) is 0 Å². The second-order valence-electron chi connectivity index (χ2n) is 4.27. The van der Waals surface area contributed by atoms with Crippen LogP contribution in [0.5, 0.6) is 0 Å². The van der Waals surface area contributed by atoms with Crippen molar-refractivity contribution < 1.29 is 9.59 Å². The summed E-state index contributed by atoms with van der Waals surface area (Å²) in [7, 11) is 0. The van der Waals surface area contributed by atoms with Crippen LogP contribution in [0.3, 0.4) is 0 Å². The number of carbonyl (C=O) groups excluding carboxylic acids is 2. The molecular formula is C12H15BrN2O2S. The Balaban J connectivity index is 1.99. The highest BCUT2D eigenvalue weighted by Crippen LogP contribution is 2.23. The summed E-state index contributed by atoms with van der Waals surface area (Å²) in [5.74, 6) is 0.0830. The molecule has 4 nitrogen and oxygen atoms in total. The summed E-state index contributed by atoms with van der Waals surface area (Å²) in [6, 6.07) is 3.94. The molecule has 0 saturated carbocycles. The summed E-state index contributed by atoms with van der Waals surface area (Å²) < 4.78 is 1.04. The first-order chi connectivity index (χ1) is 8.60. The van der Waals surface area contributed by atoms with E-state index in [1.165, 1.54) is 0 Å². The van der Waals surface area contributed by atoms with Crippen LogP contribution in [0.1, 0.15) is 18.2 Å². The van der Waals surface area contributed by atoms with Crippen molar-refractivity contribution in [2.24, 2.45) is 0 Å². The first-order valence-electron chi connectivity index (χ1n) is 5.90. The van der Waals surface area contributed by atoms with Gasteiger partial charge in [0.25, 0.3) is 0 Å². The molecule has 1 aromatic rings. The summed E-state index contributed by atoms with van der Waals surface area (Å²) >= 11 is 4.99. The van der Waals surface area contributed by atoms with Gasteiger partial charge in [-0.3, -0.25) is 9.59 Å². The Morgan fingerprint density at radius 1 is 1.22 bits per heavy atom. The first kappa shape index (κ1) is 13.5. The minimum atomic E-state index is 0.0348. The maximum absolute atomic E-state index is 12.0. The van der Waals surface area contributed by atoms with Crippen molar-refractivity contribution in [3.8, 4) is 0 Å². The van der Waals surface area contributed by atoms with Crippen LogP contribution >= 0.6 is 27.3 Å². The zero-order valence-corrected chi connectivity index (χ0v) is 12.6. The van der Waals surface area contributed by atoms with Gasteiger partial charge in [0.05, 0.1) is 16.9 Å². The Morgan fingerprint density at radius 3 is 2.50 bits per heavy atom. The van der Waals surface area contributed by atoms with E-state index in [4.69, 9.17) is 0 Å². The van der Waals surface area contributed by atoms with Gasteiger partial charge in [-0.25, -0.2) is 0 Å². The molecule has 0 aliphatic carbocycles. The van der Waals surface area contributed by atoms with Gasteiger partial charge in [-0.05, 0) is 34.5 Å². The van der Waals surface area contributed by atoms with Gasteiger partial charge in [0.2, 0.25) is 11.8 Å². The van der Waals surface area contributed by atoms with Crippen LogP contribution in [0.25, 0.3) is 0 Å². The zero-order valence-electron chi connectivity index (χ0n) is 10.2. The number of thiophene rings is 1. The van der Waals surface area contributed by atoms with Crippen molar-refractivity contribution >= 4 is 39.1 Å². The van der Waals surface area contributed by atoms with E-state index in [9.17, 15) is 9.59 Å². The zero-order chi connectivity index (χ0) is 13.1. The van der Waals surface area contributed by atoms with E-state index in [0.29, 0.717) is 13.1 Å². The van der Waals surface area contributed by atoms with E-state index >= 15 is 0 Å². The Bertz CT molecular complexity index is 461. The molecule has 0 N–H and O–H groups in total. The summed E-state index contributed by atoms with van der Waals surface area (Å²) in [6.07, 6.45) is 0.886. The number of hydrogen-bond donors (Lipinski definition) is 0. The molecule has 98 valence electrons. The van der Waals surface area contributed by atoms with E-state index in [1.807, 2.05) is 19.1 Å². The maximum atomic E-state index is 12.0. The van der Waals surface area contributed by atoms with Gasteiger partial charge < -0.3 is 9.80 Å². The predicted molar refractivity (Wildman–Crippen MR) is 74.3 cm³/mol. The number of carbonyl (C=O) groups is 2. The molecule has 2 heterocycles. The molecular weight excluding hydrogens is 316 g/mol. The Hall–Kier alpha value is -0.880. The monoisotopic (exact) mass is 330 g/mol. The van der Waals surface area contributed by atoms with Crippen LogP contribution < -0.4 is 0 Å². The lowest BCUT2D eigenvalue weighted by Crippen LogP contribution is -2.53. The van der Waals surface area contributed by atoms with Gasteiger partial charge in [0, 0.05) is 11.4 Å². The molecule has 1 aliphatic rings. The smallest absolute Gasteiger partial charge is 0.242 e. The summed E-state index contributed by atoms with van der Waals surface area (Å²) in [4.78, 5) is 28.2. The minimum Gasteiger partial charge on any atom is -0.332 e. The quantitative estimate of drug-likeness (QED) is 0.848. The fraction of sp³-hybridized carbons (Fsp3) is 0.500. The van der Waals surface area contributed by atoms with E-state index in [2.05, 4.69) is 15.9 Å². The van der Waals surface area contributed by atoms with Gasteiger partial charge in [0.15, 0.2) is 0 Å². The molecule has 0 bridgehead atoms. The maximum Gasteiger partial charge on any atom is 0.242 e. The number of amides is 2. The highest BCUT2D eigenvalue weighted by molar-refractivity contribution is 9.11. The third kappa shape index (κ3) is 3.11. The Labute approximate surface area is 119 Å². The molecule has 2 amide bonds. The molecule has 2 rings (SSSR count). The lowest BCUT2D eigenvalue weighted by molar-refractivity contribution is -0.150. The lowest BCUT2D eigenvalue weighted by atomic mass is 10.2. The van der Waals surface area contributed by atoms with Gasteiger partial charge in [-0.1, -0.05) is 6.92 Å². The minimum absolute atomic E-state index is 0.0348. The lowest BCUT2D eigenvalue weighted by Gasteiger charge is -2.33. The van der Waals surface area contributed by atoms with Crippen molar-refractivity contribution in [1.29, 1.82) is 0 Å². The van der Waals surface area contributed by atoms with Crippen LogP contribution in [0.15, 0.2) is 15.9 Å². The normalized spacial score (nSPS) is 16.6. The third-order valence-electron chi connectivity index (χ3n) is 2.83. The average Bonchev–Trinajstić information content (AvgIpc) is 2.71. The van der Waals surface area contributed by atoms with Crippen LogP contribution in [0.2, 0.25) is 0 Å². The first-order valence-corrected chi connectivity index (χ1v) is 7.51. The fourth-order valence-corrected chi connectivity index (χ4v) is 3.44. The van der Waals surface area contributed by atoms with Crippen LogP contribution in [0.4, 0.5) is 0 Å².